The van der Waals surface area contributed by atoms with E-state index in [0.717, 1.165) is 121 Å². The summed E-state index contributed by atoms with van der Waals surface area (Å²) in [4.78, 5) is 18.3. The molecule has 330 valence electrons. The first-order chi connectivity index (χ1) is 31.1. The van der Waals surface area contributed by atoms with Crippen molar-refractivity contribution in [1.29, 1.82) is 0 Å². The molecular formula is C59H68N4O. The maximum Gasteiger partial charge on any atom is 0.168 e. The Hall–Kier alpha value is -5.16. The molecule has 5 aromatic rings. The van der Waals surface area contributed by atoms with Gasteiger partial charge in [0.05, 0.1) is 28.7 Å². The monoisotopic (exact) mass is 849 g/mol. The van der Waals surface area contributed by atoms with Gasteiger partial charge in [-0.1, -0.05) is 115 Å². The number of hydrogen-bond donors (Lipinski definition) is 2. The van der Waals surface area contributed by atoms with Crippen LogP contribution in [0.1, 0.15) is 134 Å². The molecule has 1 unspecified atom stereocenters. The molecule has 4 fully saturated rings. The fourth-order valence-electron chi connectivity index (χ4n) is 14.6. The highest BCUT2D eigenvalue weighted by molar-refractivity contribution is 5.94. The minimum absolute atomic E-state index is 0.134. The molecule has 3 aromatic heterocycles. The van der Waals surface area contributed by atoms with Gasteiger partial charge >= 0.3 is 0 Å². The normalized spacial score (nSPS) is 28.7. The van der Waals surface area contributed by atoms with Crippen molar-refractivity contribution in [2.45, 2.75) is 118 Å². The molecular weight excluding hydrogens is 781 g/mol. The zero-order valence-corrected chi connectivity index (χ0v) is 38.9. The summed E-state index contributed by atoms with van der Waals surface area (Å²) in [5, 5.41) is 0. The Kier molecular flexibility index (Phi) is 10.8. The van der Waals surface area contributed by atoms with Gasteiger partial charge in [-0.05, 0) is 176 Å². The summed E-state index contributed by atoms with van der Waals surface area (Å²) >= 11 is 0. The Labute approximate surface area is 381 Å². The van der Waals surface area contributed by atoms with Crippen LogP contribution in [0.5, 0.6) is 5.75 Å². The first-order valence-electron chi connectivity index (χ1n) is 25.1. The van der Waals surface area contributed by atoms with Crippen molar-refractivity contribution in [2.24, 2.45) is 52.3 Å². The first kappa shape index (κ1) is 41.5. The van der Waals surface area contributed by atoms with E-state index in [0.29, 0.717) is 16.7 Å². The van der Waals surface area contributed by atoms with Crippen LogP contribution in [0.2, 0.25) is 0 Å². The molecule has 8 bridgehead atoms. The minimum atomic E-state index is 0.134. The van der Waals surface area contributed by atoms with E-state index >= 15 is 0 Å². The van der Waals surface area contributed by atoms with Gasteiger partial charge in [0.1, 0.15) is 5.69 Å². The summed E-state index contributed by atoms with van der Waals surface area (Å²) in [6, 6.07) is 32.1. The molecule has 0 spiro atoms. The summed E-state index contributed by atoms with van der Waals surface area (Å²) in [6.07, 6.45) is 24.9. The fraction of sp³-hybridized carbons (Fsp3) is 0.458. The quantitative estimate of drug-likeness (QED) is 0.152. The molecule has 2 aromatic carbocycles. The van der Waals surface area contributed by atoms with Gasteiger partial charge in [-0.15, -0.1) is 0 Å². The van der Waals surface area contributed by atoms with Gasteiger partial charge in [0.25, 0.3) is 0 Å². The van der Waals surface area contributed by atoms with E-state index in [4.69, 9.17) is 14.7 Å². The third kappa shape index (κ3) is 7.39. The second-order valence-corrected chi connectivity index (χ2v) is 21.7. The van der Waals surface area contributed by atoms with E-state index in [-0.39, 0.29) is 6.10 Å². The summed E-state index contributed by atoms with van der Waals surface area (Å²) in [7, 11) is 0. The van der Waals surface area contributed by atoms with Crippen molar-refractivity contribution in [3.05, 3.63) is 114 Å². The lowest BCUT2D eigenvalue weighted by Gasteiger charge is -2.61. The van der Waals surface area contributed by atoms with E-state index in [2.05, 4.69) is 160 Å². The molecule has 64 heavy (non-hydrogen) atoms. The number of rotatable bonds is 9. The number of ether oxygens (including phenoxy) is 1. The maximum atomic E-state index is 7.45. The van der Waals surface area contributed by atoms with Crippen LogP contribution in [0.4, 0.5) is 0 Å². The molecule has 2 N–H and O–H groups in total. The van der Waals surface area contributed by atoms with Gasteiger partial charge in [-0.2, -0.15) is 0 Å². The molecule has 9 atom stereocenters. The number of hydrogen-bond acceptors (Lipinski definition) is 3. The molecule has 5 nitrogen and oxygen atoms in total. The Bertz CT molecular complexity index is 2700. The number of nitrogens with zero attached hydrogens (tertiary/aromatic N) is 2. The molecule has 4 aliphatic carbocycles. The van der Waals surface area contributed by atoms with Gasteiger partial charge in [0, 0.05) is 27.7 Å². The summed E-state index contributed by atoms with van der Waals surface area (Å²) in [5.41, 5.74) is 13.0. The zero-order valence-electron chi connectivity index (χ0n) is 38.9. The highest BCUT2D eigenvalue weighted by atomic mass is 16.5. The predicted molar refractivity (Wildman–Crippen MR) is 267 cm³/mol. The molecule has 5 heteroatoms. The van der Waals surface area contributed by atoms with Crippen LogP contribution in [0, 0.1) is 52.3 Å². The van der Waals surface area contributed by atoms with E-state index in [1.807, 2.05) is 0 Å². The van der Waals surface area contributed by atoms with Crippen molar-refractivity contribution >= 4 is 46.4 Å². The van der Waals surface area contributed by atoms with Crippen LogP contribution in [0.3, 0.4) is 0 Å². The van der Waals surface area contributed by atoms with Crippen molar-refractivity contribution < 1.29 is 4.74 Å². The topological polar surface area (TPSA) is 66.6 Å². The molecule has 0 amide bonds. The number of fused-ring (bicyclic) bond motifs is 13. The Morgan fingerprint density at radius 2 is 1.28 bits per heavy atom. The lowest BCUT2D eigenvalue weighted by Crippen LogP contribution is -2.54. The average Bonchev–Trinajstić information content (AvgIpc) is 4.16. The largest absolute Gasteiger partial charge is 0.486 e. The smallest absolute Gasteiger partial charge is 0.168 e. The molecule has 5 heterocycles. The fourth-order valence-corrected chi connectivity index (χ4v) is 14.6. The maximum absolute atomic E-state index is 7.45. The van der Waals surface area contributed by atoms with Crippen LogP contribution in [0.15, 0.2) is 91.0 Å². The Morgan fingerprint density at radius 3 is 2.05 bits per heavy atom. The summed E-state index contributed by atoms with van der Waals surface area (Å²) in [5.74, 6) is 6.76. The second kappa shape index (κ2) is 16.7. The highest BCUT2D eigenvalue weighted by Gasteiger charge is 2.60. The van der Waals surface area contributed by atoms with Gasteiger partial charge in [-0.25, -0.2) is 9.97 Å². The van der Waals surface area contributed by atoms with E-state index in [1.54, 1.807) is 0 Å². The number of H-pyrrole nitrogens is 2. The van der Waals surface area contributed by atoms with Gasteiger partial charge < -0.3 is 14.7 Å². The molecule has 0 radical (unpaired) electrons. The lowest BCUT2D eigenvalue weighted by molar-refractivity contribution is -0.126. The minimum Gasteiger partial charge on any atom is -0.486 e. The average molecular weight is 849 g/mol. The van der Waals surface area contributed by atoms with Crippen molar-refractivity contribution in [3.63, 3.8) is 0 Å². The zero-order chi connectivity index (χ0) is 43.6. The van der Waals surface area contributed by atoms with Crippen LogP contribution in [-0.2, 0) is 0 Å². The Morgan fingerprint density at radius 1 is 0.625 bits per heavy atom. The molecule has 11 rings (SSSR count). The highest BCUT2D eigenvalue weighted by Crippen LogP contribution is 2.68. The van der Waals surface area contributed by atoms with Gasteiger partial charge in [0.15, 0.2) is 5.75 Å². The molecule has 0 saturated heterocycles. The molecule has 6 aliphatic rings. The molecule has 2 aliphatic heterocycles. The van der Waals surface area contributed by atoms with E-state index in [1.165, 1.54) is 64.2 Å². The van der Waals surface area contributed by atoms with Crippen molar-refractivity contribution in [2.75, 3.05) is 0 Å². The summed E-state index contributed by atoms with van der Waals surface area (Å²) in [6.45, 7) is 12.8. The van der Waals surface area contributed by atoms with Crippen LogP contribution in [0.25, 0.3) is 68.6 Å². The standard InChI is InChI=1S/C59H68N4O/c1-37(2)13-12-14-38(3)46-23-24-47-45-22-19-41-35-44(31-33-58(41,4)48(45)32-34-59(46,47)5)64-57-53-29-27-51(62-53)55(39-15-8-6-9-16-39)49-25-20-42(60-49)36-43-21-26-50(61-43)56(40-17-10-7-11-18-40)52-28-30-54(57)63-52/h6-11,15-18,20-21,25-30,36-38,41,44-48,60,63H,12-14,19,22-24,31-35H2,1-5H3/t38-,41?,44+,45+,46-,47+,48+,58+,59-/m1/s1. The lowest BCUT2D eigenvalue weighted by atomic mass is 9.44. The van der Waals surface area contributed by atoms with E-state index < -0.39 is 0 Å². The number of aromatic nitrogens is 4. The van der Waals surface area contributed by atoms with Gasteiger partial charge in [-0.3, -0.25) is 0 Å². The van der Waals surface area contributed by atoms with Crippen LogP contribution in [-0.4, -0.2) is 26.0 Å². The third-order valence-electron chi connectivity index (χ3n) is 17.8. The third-order valence-corrected chi connectivity index (χ3v) is 17.8. The number of nitrogens with one attached hydrogen (secondary N) is 2. The summed E-state index contributed by atoms with van der Waals surface area (Å²) < 4.78 is 7.45. The SMILES string of the molecule is CC(C)CCC[C@@H](C)[C@H]1CC[C@H]2[C@@H]3CCC4C[C@@H](Oc5c6nc(c(-c7ccccc7)c7ccc(cc8nc(c(-c9ccccc9)c9ccc5[nH]9)C=C8)[nH]7)C=C6)CC[C@]4(C)[C@H]3CC[C@]12C. The molecule has 4 saturated carbocycles. The Balaban J connectivity index is 0.951. The van der Waals surface area contributed by atoms with Crippen molar-refractivity contribution in [1.82, 2.24) is 19.9 Å². The van der Waals surface area contributed by atoms with Gasteiger partial charge in [0.2, 0.25) is 0 Å². The van der Waals surface area contributed by atoms with Crippen LogP contribution < -0.4 is 4.74 Å². The van der Waals surface area contributed by atoms with E-state index in [9.17, 15) is 0 Å². The second-order valence-electron chi connectivity index (χ2n) is 21.7. The number of benzene rings is 2. The number of aromatic amines is 2. The predicted octanol–water partition coefficient (Wildman–Crippen LogP) is 15.9. The first-order valence-corrected chi connectivity index (χ1v) is 25.1. The van der Waals surface area contributed by atoms with Crippen LogP contribution >= 0.6 is 0 Å². The van der Waals surface area contributed by atoms with Crippen molar-refractivity contribution in [3.8, 4) is 28.0 Å².